The van der Waals surface area contributed by atoms with Gasteiger partial charge >= 0.3 is 0 Å². The van der Waals surface area contributed by atoms with Crippen LogP contribution in [0.1, 0.15) is 12.0 Å². The number of pyridine rings is 1. The predicted octanol–water partition coefficient (Wildman–Crippen LogP) is 3.37. The lowest BCUT2D eigenvalue weighted by Crippen LogP contribution is -1.80. The van der Waals surface area contributed by atoms with E-state index in [2.05, 4.69) is 16.8 Å². The van der Waals surface area contributed by atoms with Gasteiger partial charge in [-0.1, -0.05) is 35.0 Å². The average molecular weight is 235 g/mol. The van der Waals surface area contributed by atoms with Gasteiger partial charge in [0.15, 0.2) is 0 Å². The summed E-state index contributed by atoms with van der Waals surface area (Å²) >= 11 is 16.8. The fourth-order valence-electron chi connectivity index (χ4n) is 0.701. The summed E-state index contributed by atoms with van der Waals surface area (Å²) in [6.07, 6.45) is 2.23. The second-order valence-electron chi connectivity index (χ2n) is 2.24. The molecule has 0 aromatic carbocycles. The van der Waals surface area contributed by atoms with Gasteiger partial charge in [0.1, 0.15) is 5.15 Å². The summed E-state index contributed by atoms with van der Waals surface area (Å²) in [7, 11) is 0. The molecule has 0 radical (unpaired) electrons. The molecule has 68 valence electrons. The Kier molecular flexibility index (Phi) is 4.38. The van der Waals surface area contributed by atoms with E-state index < -0.39 is 0 Å². The fraction of sp³-hybridized carbons (Fsp3) is 0.222. The first-order valence-corrected chi connectivity index (χ1v) is 4.89. The highest BCUT2D eigenvalue weighted by Crippen LogP contribution is 2.18. The zero-order chi connectivity index (χ0) is 9.68. The molecule has 1 nitrogen and oxygen atoms in total. The largest absolute Gasteiger partial charge is 0.242 e. The van der Waals surface area contributed by atoms with Crippen molar-refractivity contribution in [2.45, 2.75) is 6.42 Å². The zero-order valence-electron chi connectivity index (χ0n) is 6.65. The Balaban J connectivity index is 2.81. The molecule has 0 aliphatic heterocycles. The highest BCUT2D eigenvalue weighted by Gasteiger charge is 1.97. The Morgan fingerprint density at radius 1 is 1.38 bits per heavy atom. The third-order valence-electron chi connectivity index (χ3n) is 1.25. The predicted molar refractivity (Wildman–Crippen MR) is 56.5 cm³/mol. The van der Waals surface area contributed by atoms with Gasteiger partial charge in [-0.15, -0.1) is 11.6 Å². The highest BCUT2D eigenvalue weighted by molar-refractivity contribution is 6.41. The molecule has 0 spiro atoms. The number of halogens is 3. The molecule has 13 heavy (non-hydrogen) atoms. The minimum Gasteiger partial charge on any atom is -0.242 e. The summed E-state index contributed by atoms with van der Waals surface area (Å²) in [6, 6.07) is 1.68. The van der Waals surface area contributed by atoms with Crippen molar-refractivity contribution in [2.24, 2.45) is 0 Å². The molecule has 0 amide bonds. The van der Waals surface area contributed by atoms with Crippen LogP contribution in [0.3, 0.4) is 0 Å². The van der Waals surface area contributed by atoms with E-state index in [1.54, 1.807) is 12.3 Å². The second-order valence-corrected chi connectivity index (χ2v) is 3.38. The summed E-state index contributed by atoms with van der Waals surface area (Å²) in [6.45, 7) is 0. The maximum atomic E-state index is 5.74. The maximum Gasteiger partial charge on any atom is 0.147 e. The lowest BCUT2D eigenvalue weighted by atomic mass is 10.3. The molecule has 0 saturated heterocycles. The molecular weight excluding hydrogens is 228 g/mol. The van der Waals surface area contributed by atoms with Gasteiger partial charge in [-0.05, 0) is 6.07 Å². The second kappa shape index (κ2) is 5.34. The van der Waals surface area contributed by atoms with Crippen molar-refractivity contribution in [3.63, 3.8) is 0 Å². The summed E-state index contributed by atoms with van der Waals surface area (Å²) in [5, 5.41) is 0.712. The molecule has 1 aromatic heterocycles. The monoisotopic (exact) mass is 233 g/mol. The van der Waals surface area contributed by atoms with Crippen molar-refractivity contribution in [3.8, 4) is 11.8 Å². The van der Waals surface area contributed by atoms with E-state index in [0.717, 1.165) is 5.56 Å². The Hall–Kier alpha value is -0.420. The quantitative estimate of drug-likeness (QED) is 0.412. The molecule has 0 atom stereocenters. The summed E-state index contributed by atoms with van der Waals surface area (Å²) < 4.78 is 0. The fourth-order valence-corrected chi connectivity index (χ4v) is 1.07. The van der Waals surface area contributed by atoms with Crippen LogP contribution in [0.15, 0.2) is 12.3 Å². The standard InChI is InChI=1S/C9H6Cl3N/c10-4-2-1-3-7-5-8(11)9(12)13-6-7/h5-6H,2,4H2. The lowest BCUT2D eigenvalue weighted by molar-refractivity contribution is 1.28. The molecule has 1 aromatic rings. The van der Waals surface area contributed by atoms with Crippen molar-refractivity contribution in [3.05, 3.63) is 28.0 Å². The molecule has 0 N–H and O–H groups in total. The average Bonchev–Trinajstić information content (AvgIpc) is 2.12. The van der Waals surface area contributed by atoms with Crippen molar-refractivity contribution < 1.29 is 0 Å². The van der Waals surface area contributed by atoms with Gasteiger partial charge < -0.3 is 0 Å². The Bertz CT molecular complexity index is 352. The van der Waals surface area contributed by atoms with E-state index in [9.17, 15) is 0 Å². The summed E-state index contributed by atoms with van der Waals surface area (Å²) in [4.78, 5) is 3.86. The van der Waals surface area contributed by atoms with Crippen LogP contribution < -0.4 is 0 Å². The number of alkyl halides is 1. The van der Waals surface area contributed by atoms with Crippen LogP contribution in [0.2, 0.25) is 10.2 Å². The molecule has 0 fully saturated rings. The minimum absolute atomic E-state index is 0.296. The van der Waals surface area contributed by atoms with E-state index in [1.165, 1.54) is 0 Å². The van der Waals surface area contributed by atoms with Crippen LogP contribution in [0, 0.1) is 11.8 Å². The van der Waals surface area contributed by atoms with Gasteiger partial charge in [0, 0.05) is 24.1 Å². The number of hydrogen-bond donors (Lipinski definition) is 0. The van der Waals surface area contributed by atoms with Crippen LogP contribution in [-0.2, 0) is 0 Å². The normalized spacial score (nSPS) is 9.15. The third-order valence-corrected chi connectivity index (χ3v) is 2.12. The molecule has 1 heterocycles. The van der Waals surface area contributed by atoms with Crippen molar-refractivity contribution in [1.29, 1.82) is 0 Å². The van der Waals surface area contributed by atoms with Gasteiger partial charge in [-0.3, -0.25) is 0 Å². The zero-order valence-corrected chi connectivity index (χ0v) is 8.92. The first kappa shape index (κ1) is 10.7. The van der Waals surface area contributed by atoms with Crippen LogP contribution in [-0.4, -0.2) is 10.9 Å². The first-order chi connectivity index (χ1) is 6.24. The van der Waals surface area contributed by atoms with E-state index in [-0.39, 0.29) is 0 Å². The first-order valence-electron chi connectivity index (χ1n) is 3.60. The molecule has 0 aliphatic carbocycles. The SMILES string of the molecule is ClCCC#Cc1cnc(Cl)c(Cl)c1. The van der Waals surface area contributed by atoms with Crippen LogP contribution in [0.5, 0.6) is 0 Å². The van der Waals surface area contributed by atoms with Gasteiger partial charge in [0.2, 0.25) is 0 Å². The number of hydrogen-bond acceptors (Lipinski definition) is 1. The lowest BCUT2D eigenvalue weighted by Gasteiger charge is -1.93. The summed E-state index contributed by atoms with van der Waals surface area (Å²) in [5.41, 5.74) is 0.750. The van der Waals surface area contributed by atoms with E-state index in [0.29, 0.717) is 22.5 Å². The molecule has 0 saturated carbocycles. The molecule has 1 rings (SSSR count). The number of aromatic nitrogens is 1. The van der Waals surface area contributed by atoms with Crippen molar-refractivity contribution in [2.75, 3.05) is 5.88 Å². The van der Waals surface area contributed by atoms with Crippen LogP contribution in [0.25, 0.3) is 0 Å². The molecule has 0 aliphatic rings. The molecular formula is C9H6Cl3N. The van der Waals surface area contributed by atoms with Crippen LogP contribution in [0.4, 0.5) is 0 Å². The number of rotatable bonds is 1. The summed E-state index contributed by atoms with van der Waals surface area (Å²) in [5.74, 6) is 6.28. The van der Waals surface area contributed by atoms with E-state index in [4.69, 9.17) is 34.8 Å². The maximum absolute atomic E-state index is 5.74. The van der Waals surface area contributed by atoms with Crippen molar-refractivity contribution >= 4 is 34.8 Å². The van der Waals surface area contributed by atoms with Gasteiger partial charge in [-0.2, -0.15) is 0 Å². The Labute approximate surface area is 92.0 Å². The van der Waals surface area contributed by atoms with Gasteiger partial charge in [0.25, 0.3) is 0 Å². The van der Waals surface area contributed by atoms with Crippen molar-refractivity contribution in [1.82, 2.24) is 4.98 Å². The topological polar surface area (TPSA) is 12.9 Å². The Morgan fingerprint density at radius 2 is 2.15 bits per heavy atom. The van der Waals surface area contributed by atoms with E-state index in [1.807, 2.05) is 0 Å². The Morgan fingerprint density at radius 3 is 2.77 bits per heavy atom. The van der Waals surface area contributed by atoms with Gasteiger partial charge in [0.05, 0.1) is 5.02 Å². The highest BCUT2D eigenvalue weighted by atomic mass is 35.5. The van der Waals surface area contributed by atoms with E-state index >= 15 is 0 Å². The van der Waals surface area contributed by atoms with Gasteiger partial charge in [-0.25, -0.2) is 4.98 Å². The number of nitrogens with zero attached hydrogens (tertiary/aromatic N) is 1. The minimum atomic E-state index is 0.296. The molecule has 4 heteroatoms. The smallest absolute Gasteiger partial charge is 0.147 e. The van der Waals surface area contributed by atoms with Crippen LogP contribution >= 0.6 is 34.8 Å². The third kappa shape index (κ3) is 3.44. The molecule has 0 bridgehead atoms. The molecule has 0 unspecified atom stereocenters.